The molecule has 1 atom stereocenters. The van der Waals surface area contributed by atoms with Crippen LogP contribution in [0.15, 0.2) is 0 Å². The second-order valence-corrected chi connectivity index (χ2v) is 5.97. The quantitative estimate of drug-likeness (QED) is 0.776. The number of hydrogen-bond donors (Lipinski definition) is 1. The van der Waals surface area contributed by atoms with Crippen LogP contribution >= 0.6 is 0 Å². The molecule has 90 valence electrons. The fourth-order valence-corrected chi connectivity index (χ4v) is 2.77. The summed E-state index contributed by atoms with van der Waals surface area (Å²) >= 11 is 0. The van der Waals surface area contributed by atoms with E-state index in [4.69, 9.17) is 5.73 Å². The van der Waals surface area contributed by atoms with Gasteiger partial charge in [0, 0.05) is 12.1 Å². The van der Waals surface area contributed by atoms with Gasteiger partial charge in [-0.3, -0.25) is 4.90 Å². The summed E-state index contributed by atoms with van der Waals surface area (Å²) in [5.41, 5.74) is 6.21. The molecule has 0 aliphatic carbocycles. The van der Waals surface area contributed by atoms with Crippen LogP contribution in [-0.2, 0) is 0 Å². The van der Waals surface area contributed by atoms with Crippen LogP contribution in [0.4, 0.5) is 0 Å². The zero-order chi connectivity index (χ0) is 11.5. The fraction of sp³-hybridized carbons (Fsp3) is 1.00. The van der Waals surface area contributed by atoms with Gasteiger partial charge in [0.2, 0.25) is 0 Å². The van der Waals surface area contributed by atoms with Gasteiger partial charge in [0.25, 0.3) is 0 Å². The monoisotopic (exact) mass is 212 g/mol. The van der Waals surface area contributed by atoms with Crippen LogP contribution in [0.1, 0.15) is 47.0 Å². The first-order valence-electron chi connectivity index (χ1n) is 6.43. The van der Waals surface area contributed by atoms with Crippen molar-refractivity contribution in [2.75, 3.05) is 19.6 Å². The van der Waals surface area contributed by atoms with E-state index in [1.807, 2.05) is 0 Å². The second kappa shape index (κ2) is 5.31. The number of nitrogens with two attached hydrogens (primary N) is 1. The molecule has 0 aromatic carbocycles. The first-order valence-corrected chi connectivity index (χ1v) is 6.43. The van der Waals surface area contributed by atoms with Gasteiger partial charge >= 0.3 is 0 Å². The zero-order valence-electron chi connectivity index (χ0n) is 10.9. The lowest BCUT2D eigenvalue weighted by atomic mass is 9.86. The summed E-state index contributed by atoms with van der Waals surface area (Å²) in [4.78, 5) is 2.62. The van der Waals surface area contributed by atoms with E-state index in [-0.39, 0.29) is 5.54 Å². The van der Waals surface area contributed by atoms with Crippen LogP contribution in [0, 0.1) is 11.8 Å². The molecule has 1 unspecified atom stereocenters. The van der Waals surface area contributed by atoms with E-state index in [0.717, 1.165) is 18.4 Å². The molecule has 0 radical (unpaired) electrons. The lowest BCUT2D eigenvalue weighted by molar-refractivity contribution is 0.0551. The molecule has 0 saturated carbocycles. The summed E-state index contributed by atoms with van der Waals surface area (Å²) in [6, 6.07) is 0. The molecule has 0 spiro atoms. The lowest BCUT2D eigenvalue weighted by Crippen LogP contribution is -2.54. The summed E-state index contributed by atoms with van der Waals surface area (Å²) in [6.45, 7) is 12.5. The number of likely N-dealkylation sites (tertiary alicyclic amines) is 1. The predicted molar refractivity (Wildman–Crippen MR) is 66.9 cm³/mol. The van der Waals surface area contributed by atoms with E-state index in [0.29, 0.717) is 0 Å². The molecule has 0 amide bonds. The van der Waals surface area contributed by atoms with Crippen LogP contribution in [0.25, 0.3) is 0 Å². The molecular formula is C13H28N2. The molecule has 1 heterocycles. The smallest absolute Gasteiger partial charge is 0.0306 e. The van der Waals surface area contributed by atoms with Crippen LogP contribution in [0.5, 0.6) is 0 Å². The molecular weight excluding hydrogens is 184 g/mol. The van der Waals surface area contributed by atoms with Gasteiger partial charge in [0.15, 0.2) is 0 Å². The Morgan fingerprint density at radius 3 is 2.27 bits per heavy atom. The van der Waals surface area contributed by atoms with Crippen LogP contribution in [0.3, 0.4) is 0 Å². The summed E-state index contributed by atoms with van der Waals surface area (Å²) in [5.74, 6) is 1.64. The summed E-state index contributed by atoms with van der Waals surface area (Å²) in [5, 5.41) is 0. The minimum absolute atomic E-state index is 0.230. The van der Waals surface area contributed by atoms with Gasteiger partial charge in [0.1, 0.15) is 0 Å². The number of hydrogen-bond acceptors (Lipinski definition) is 2. The summed E-state index contributed by atoms with van der Waals surface area (Å²) < 4.78 is 0. The van der Waals surface area contributed by atoms with Crippen molar-refractivity contribution in [2.45, 2.75) is 52.5 Å². The molecule has 15 heavy (non-hydrogen) atoms. The van der Waals surface area contributed by atoms with E-state index in [1.165, 1.54) is 32.4 Å². The Bertz CT molecular complexity index is 183. The molecule has 0 bridgehead atoms. The van der Waals surface area contributed by atoms with Gasteiger partial charge in [-0.1, -0.05) is 20.8 Å². The van der Waals surface area contributed by atoms with E-state index >= 15 is 0 Å². The summed E-state index contributed by atoms with van der Waals surface area (Å²) in [7, 11) is 0. The molecule has 1 fully saturated rings. The molecule has 2 N–H and O–H groups in total. The van der Waals surface area contributed by atoms with Crippen molar-refractivity contribution in [3.8, 4) is 0 Å². The SMILES string of the molecule is CC(C)CC(C)(CN)N1CCC(C)CC1. The Balaban J connectivity index is 2.57. The molecule has 0 aromatic rings. The average Bonchev–Trinajstić information content (AvgIpc) is 2.17. The predicted octanol–water partition coefficient (Wildman–Crippen LogP) is 2.48. The highest BCUT2D eigenvalue weighted by Crippen LogP contribution is 2.28. The van der Waals surface area contributed by atoms with Crippen molar-refractivity contribution in [3.05, 3.63) is 0 Å². The lowest BCUT2D eigenvalue weighted by Gasteiger charge is -2.45. The van der Waals surface area contributed by atoms with Gasteiger partial charge in [-0.05, 0) is 51.1 Å². The number of rotatable bonds is 4. The van der Waals surface area contributed by atoms with Crippen LogP contribution in [0.2, 0.25) is 0 Å². The van der Waals surface area contributed by atoms with E-state index in [2.05, 4.69) is 32.6 Å². The van der Waals surface area contributed by atoms with Gasteiger partial charge < -0.3 is 5.73 Å². The molecule has 0 aromatic heterocycles. The molecule has 2 heteroatoms. The third kappa shape index (κ3) is 3.46. The van der Waals surface area contributed by atoms with Crippen molar-refractivity contribution in [1.29, 1.82) is 0 Å². The topological polar surface area (TPSA) is 29.3 Å². The molecule has 1 aliphatic rings. The van der Waals surface area contributed by atoms with Gasteiger partial charge in [-0.25, -0.2) is 0 Å². The Kier molecular flexibility index (Phi) is 4.60. The Labute approximate surface area is 95.2 Å². The third-order valence-corrected chi connectivity index (χ3v) is 3.83. The third-order valence-electron chi connectivity index (χ3n) is 3.83. The number of nitrogens with zero attached hydrogens (tertiary/aromatic N) is 1. The maximum atomic E-state index is 5.98. The maximum absolute atomic E-state index is 5.98. The van der Waals surface area contributed by atoms with Gasteiger partial charge in [0.05, 0.1) is 0 Å². The minimum atomic E-state index is 0.230. The van der Waals surface area contributed by atoms with Crippen molar-refractivity contribution in [3.63, 3.8) is 0 Å². The zero-order valence-corrected chi connectivity index (χ0v) is 10.9. The van der Waals surface area contributed by atoms with Crippen LogP contribution in [-0.4, -0.2) is 30.1 Å². The van der Waals surface area contributed by atoms with E-state index < -0.39 is 0 Å². The van der Waals surface area contributed by atoms with E-state index in [9.17, 15) is 0 Å². The molecule has 2 nitrogen and oxygen atoms in total. The normalized spacial score (nSPS) is 24.4. The minimum Gasteiger partial charge on any atom is -0.329 e. The maximum Gasteiger partial charge on any atom is 0.0306 e. The van der Waals surface area contributed by atoms with Crippen molar-refractivity contribution in [2.24, 2.45) is 17.6 Å². The molecule has 1 saturated heterocycles. The largest absolute Gasteiger partial charge is 0.329 e. The highest BCUT2D eigenvalue weighted by molar-refractivity contribution is 4.90. The summed E-state index contributed by atoms with van der Waals surface area (Å²) in [6.07, 6.45) is 3.90. The number of piperidine rings is 1. The first-order chi connectivity index (χ1) is 6.98. The average molecular weight is 212 g/mol. The molecule has 1 rings (SSSR count). The van der Waals surface area contributed by atoms with Crippen molar-refractivity contribution < 1.29 is 0 Å². The molecule has 1 aliphatic heterocycles. The standard InChI is InChI=1S/C13H28N2/c1-11(2)9-13(4,10-14)15-7-5-12(3)6-8-15/h11-12H,5-10,14H2,1-4H3. The Morgan fingerprint density at radius 1 is 1.33 bits per heavy atom. The highest BCUT2D eigenvalue weighted by atomic mass is 15.2. The van der Waals surface area contributed by atoms with E-state index in [1.54, 1.807) is 0 Å². The second-order valence-electron chi connectivity index (χ2n) is 5.97. The van der Waals surface area contributed by atoms with Crippen molar-refractivity contribution in [1.82, 2.24) is 4.90 Å². The van der Waals surface area contributed by atoms with Gasteiger partial charge in [-0.2, -0.15) is 0 Å². The highest BCUT2D eigenvalue weighted by Gasteiger charge is 2.32. The Hall–Kier alpha value is -0.0800. The van der Waals surface area contributed by atoms with Crippen molar-refractivity contribution >= 4 is 0 Å². The van der Waals surface area contributed by atoms with Gasteiger partial charge in [-0.15, -0.1) is 0 Å². The Morgan fingerprint density at radius 2 is 1.87 bits per heavy atom. The first kappa shape index (κ1) is 13.0. The van der Waals surface area contributed by atoms with Crippen LogP contribution < -0.4 is 5.73 Å². The fourth-order valence-electron chi connectivity index (χ4n) is 2.77.